The Morgan fingerprint density at radius 3 is 2.59 bits per heavy atom. The summed E-state index contributed by atoms with van der Waals surface area (Å²) in [6, 6.07) is 8.13. The van der Waals surface area contributed by atoms with Crippen LogP contribution in [0.5, 0.6) is 11.5 Å². The summed E-state index contributed by atoms with van der Waals surface area (Å²) in [6.07, 6.45) is 0.0400. The van der Waals surface area contributed by atoms with Gasteiger partial charge in [-0.2, -0.15) is 0 Å². The Balaban J connectivity index is 1.56. The van der Waals surface area contributed by atoms with Gasteiger partial charge in [-0.25, -0.2) is 4.79 Å². The highest BCUT2D eigenvalue weighted by atomic mass is 16.5. The van der Waals surface area contributed by atoms with E-state index < -0.39 is 18.7 Å². The zero-order valence-electron chi connectivity index (χ0n) is 20.7. The van der Waals surface area contributed by atoms with Crippen molar-refractivity contribution in [2.24, 2.45) is 0 Å². The lowest BCUT2D eigenvalue weighted by atomic mass is 10.0. The molecule has 0 spiro atoms. The number of carboxylic acids is 1. The predicted molar refractivity (Wildman–Crippen MR) is 135 cm³/mol. The molecule has 2 aliphatic rings. The van der Waals surface area contributed by atoms with Crippen LogP contribution < -0.4 is 19.7 Å². The van der Waals surface area contributed by atoms with Gasteiger partial charge in [-0.3, -0.25) is 15.0 Å². The van der Waals surface area contributed by atoms with E-state index in [1.165, 1.54) is 7.05 Å². The maximum atomic E-state index is 13.3. The zero-order valence-corrected chi connectivity index (χ0v) is 20.7. The van der Waals surface area contributed by atoms with Gasteiger partial charge in [0.25, 0.3) is 5.91 Å². The number of anilines is 1. The highest BCUT2D eigenvalue weighted by Gasteiger charge is 2.30. The van der Waals surface area contributed by atoms with E-state index in [-0.39, 0.29) is 24.1 Å². The maximum Gasteiger partial charge on any atom is 0.341 e. The second kappa shape index (κ2) is 10.9. The average molecular weight is 511 g/mol. The third kappa shape index (κ3) is 5.51. The number of rotatable bonds is 10. The Bertz CT molecular complexity index is 1250. The van der Waals surface area contributed by atoms with Crippen LogP contribution in [0, 0.1) is 5.41 Å². The Morgan fingerprint density at radius 2 is 1.95 bits per heavy atom. The molecular formula is C26H30N4O7. The van der Waals surface area contributed by atoms with E-state index in [0.717, 1.165) is 5.56 Å². The lowest BCUT2D eigenvalue weighted by Gasteiger charge is -2.22. The average Bonchev–Trinajstić information content (AvgIpc) is 3.44. The first-order chi connectivity index (χ1) is 17.7. The molecule has 4 N–H and O–H groups in total. The molecule has 1 saturated heterocycles. The van der Waals surface area contributed by atoms with E-state index >= 15 is 0 Å². The van der Waals surface area contributed by atoms with Crippen molar-refractivity contribution < 1.29 is 34.1 Å². The number of benzene rings is 2. The van der Waals surface area contributed by atoms with E-state index in [4.69, 9.17) is 20.0 Å². The van der Waals surface area contributed by atoms with Gasteiger partial charge < -0.3 is 34.8 Å². The summed E-state index contributed by atoms with van der Waals surface area (Å²) in [7, 11) is 1.52. The molecule has 11 heteroatoms. The Labute approximate surface area is 214 Å². The minimum atomic E-state index is -1.12. The molecule has 2 heterocycles. The van der Waals surface area contributed by atoms with Crippen LogP contribution in [0.15, 0.2) is 30.3 Å². The number of fused-ring (bicyclic) bond motifs is 1. The number of carbonyl (C=O) groups excluding carboxylic acids is 2. The number of nitrogens with zero attached hydrogens (tertiary/aromatic N) is 2. The zero-order chi connectivity index (χ0) is 26.7. The van der Waals surface area contributed by atoms with Gasteiger partial charge in [0.05, 0.1) is 30.5 Å². The quantitative estimate of drug-likeness (QED) is 0.348. The smallest absolute Gasteiger partial charge is 0.341 e. The molecule has 0 saturated carbocycles. The first-order valence-corrected chi connectivity index (χ1v) is 12.0. The first kappa shape index (κ1) is 26.0. The molecule has 11 nitrogen and oxygen atoms in total. The first-order valence-electron chi connectivity index (χ1n) is 12.0. The van der Waals surface area contributed by atoms with Crippen molar-refractivity contribution in [1.29, 1.82) is 5.41 Å². The summed E-state index contributed by atoms with van der Waals surface area (Å²) in [5, 5.41) is 30.2. The molecule has 1 unspecified atom stereocenters. The normalized spacial score (nSPS) is 16.5. The van der Waals surface area contributed by atoms with Crippen molar-refractivity contribution in [3.63, 3.8) is 0 Å². The third-order valence-corrected chi connectivity index (χ3v) is 6.38. The van der Waals surface area contributed by atoms with Gasteiger partial charge in [-0.05, 0) is 49.2 Å². The number of Topliss-reactive ketones (excluding diaryl/α,β-unsaturated/α-hetero) is 1. The lowest BCUT2D eigenvalue weighted by molar-refractivity contribution is -0.139. The molecule has 2 aromatic rings. The Hall–Kier alpha value is -4.12. The summed E-state index contributed by atoms with van der Waals surface area (Å²) in [4.78, 5) is 40.1. The van der Waals surface area contributed by atoms with Crippen molar-refractivity contribution in [2.45, 2.75) is 26.0 Å². The van der Waals surface area contributed by atoms with Crippen LogP contribution in [0.25, 0.3) is 0 Å². The van der Waals surface area contributed by atoms with Crippen molar-refractivity contribution in [3.8, 4) is 11.5 Å². The number of aliphatic carboxylic acids is 1. The van der Waals surface area contributed by atoms with Gasteiger partial charge in [0, 0.05) is 37.8 Å². The van der Waals surface area contributed by atoms with Crippen LogP contribution in [0.3, 0.4) is 0 Å². The number of aliphatic hydroxyl groups excluding tert-OH is 1. The molecule has 0 aliphatic carbocycles. The molecule has 1 atom stereocenters. The van der Waals surface area contributed by atoms with Gasteiger partial charge in [0.2, 0.25) is 0 Å². The maximum absolute atomic E-state index is 13.3. The van der Waals surface area contributed by atoms with Crippen LogP contribution >= 0.6 is 0 Å². The summed E-state index contributed by atoms with van der Waals surface area (Å²) in [6.45, 7) is 2.83. The van der Waals surface area contributed by atoms with E-state index in [9.17, 15) is 19.5 Å². The monoisotopic (exact) mass is 510 g/mol. The number of amides is 1. The number of hydrogen-bond donors (Lipinski definition) is 4. The van der Waals surface area contributed by atoms with Gasteiger partial charge in [-0.1, -0.05) is 0 Å². The molecule has 1 amide bonds. The Kier molecular flexibility index (Phi) is 7.63. The van der Waals surface area contributed by atoms with Crippen LogP contribution in [-0.2, 0) is 11.3 Å². The minimum Gasteiger partial charge on any atom is -0.493 e. The fraction of sp³-hybridized carbons (Fsp3) is 0.385. The summed E-state index contributed by atoms with van der Waals surface area (Å²) < 4.78 is 11.1. The molecule has 0 bridgehead atoms. The fourth-order valence-electron chi connectivity index (χ4n) is 4.57. The van der Waals surface area contributed by atoms with E-state index in [2.05, 4.69) is 5.32 Å². The fourth-order valence-corrected chi connectivity index (χ4v) is 4.57. The van der Waals surface area contributed by atoms with Crippen LogP contribution in [0.2, 0.25) is 0 Å². The molecule has 37 heavy (non-hydrogen) atoms. The standard InChI is InChI=1S/C26H30N4O7/c1-3-36-23-9-16-11-30(25(27)18(16)10-19(23)26(35)28-2)13-21(32)15-4-5-22(37-14-24(33)34)20(8-15)29-7-6-17(31)12-29/h4-5,8-10,17,27,31H,3,6-7,11-14H2,1-2H3,(H,28,35)(H,33,34). The number of amidine groups is 1. The molecule has 2 aromatic carbocycles. The molecule has 0 aromatic heterocycles. The number of ketones is 1. The van der Waals surface area contributed by atoms with Crippen LogP contribution in [-0.4, -0.2) is 84.6 Å². The second-order valence-corrected chi connectivity index (χ2v) is 8.90. The Morgan fingerprint density at radius 1 is 1.16 bits per heavy atom. The minimum absolute atomic E-state index is 0.0653. The van der Waals surface area contributed by atoms with Gasteiger partial charge >= 0.3 is 5.97 Å². The van der Waals surface area contributed by atoms with E-state index in [1.54, 1.807) is 35.2 Å². The summed E-state index contributed by atoms with van der Waals surface area (Å²) in [5.74, 6) is -0.790. The summed E-state index contributed by atoms with van der Waals surface area (Å²) in [5.41, 5.74) is 2.61. The highest BCUT2D eigenvalue weighted by molar-refractivity contribution is 6.07. The molecule has 4 rings (SSSR count). The highest BCUT2D eigenvalue weighted by Crippen LogP contribution is 2.34. The van der Waals surface area contributed by atoms with Crippen LogP contribution in [0.1, 0.15) is 45.2 Å². The lowest BCUT2D eigenvalue weighted by Crippen LogP contribution is -2.30. The molecule has 1 fully saturated rings. The molecule has 2 aliphatic heterocycles. The van der Waals surface area contributed by atoms with E-state index in [1.807, 2.05) is 11.8 Å². The number of aliphatic hydroxyl groups is 1. The molecular weight excluding hydrogens is 480 g/mol. The number of ether oxygens (including phenoxy) is 2. The third-order valence-electron chi connectivity index (χ3n) is 6.38. The van der Waals surface area contributed by atoms with Gasteiger partial charge in [0.1, 0.15) is 17.3 Å². The van der Waals surface area contributed by atoms with Gasteiger partial charge in [-0.15, -0.1) is 0 Å². The number of carbonyl (C=O) groups is 3. The molecule has 196 valence electrons. The topological polar surface area (TPSA) is 152 Å². The van der Waals surface area contributed by atoms with Crippen molar-refractivity contribution in [2.75, 3.05) is 44.8 Å². The van der Waals surface area contributed by atoms with Crippen molar-refractivity contribution in [1.82, 2.24) is 10.2 Å². The van der Waals surface area contributed by atoms with Crippen LogP contribution in [0.4, 0.5) is 5.69 Å². The second-order valence-electron chi connectivity index (χ2n) is 8.90. The van der Waals surface area contributed by atoms with Crippen molar-refractivity contribution in [3.05, 3.63) is 52.6 Å². The number of carboxylic acid groups (broad SMARTS) is 1. The number of nitrogens with one attached hydrogen (secondary N) is 2. The molecule has 0 radical (unpaired) electrons. The largest absolute Gasteiger partial charge is 0.493 e. The SMILES string of the molecule is CCOc1cc2c(cc1C(=O)NC)C(=N)N(CC(=O)c1ccc(OCC(=O)O)c(N3CCC(O)C3)c1)C2. The summed E-state index contributed by atoms with van der Waals surface area (Å²) >= 11 is 0. The number of hydrogen-bond acceptors (Lipinski definition) is 8. The number of β-amino-alcohol motifs (C(OH)–C–C–N with tert-alkyl or cyclic N) is 1. The van der Waals surface area contributed by atoms with Crippen molar-refractivity contribution >= 4 is 29.2 Å². The van der Waals surface area contributed by atoms with Gasteiger partial charge in [0.15, 0.2) is 12.4 Å². The predicted octanol–water partition coefficient (Wildman–Crippen LogP) is 1.50. The van der Waals surface area contributed by atoms with E-state index in [0.29, 0.717) is 66.5 Å².